The third-order valence-corrected chi connectivity index (χ3v) is 0. The lowest BCUT2D eigenvalue weighted by atomic mass is 15.9. The molecule has 6 heavy (non-hydrogen) atoms. The molecule has 0 heterocycles. The van der Waals surface area contributed by atoms with Crippen LogP contribution in [0.1, 0.15) is 0 Å². The molecule has 0 aromatic heterocycles. The second kappa shape index (κ2) is 2.69. The van der Waals surface area contributed by atoms with Gasteiger partial charge in [0.2, 0.25) is 0 Å². The van der Waals surface area contributed by atoms with Gasteiger partial charge in [-0.05, 0) is 0 Å². The fraction of sp³-hybridized carbons (Fsp3) is 0. The van der Waals surface area contributed by atoms with Crippen LogP contribution >= 0.6 is 21.2 Å². The van der Waals surface area contributed by atoms with E-state index in [0.717, 1.165) is 21.2 Å². The third-order valence-electron chi connectivity index (χ3n) is 0. The molecule has 3 nitrogen and oxygen atoms in total. The van der Waals surface area contributed by atoms with Gasteiger partial charge in [-0.2, -0.15) is 8.42 Å². The second-order valence-electron chi connectivity index (χ2n) is 0.412. The van der Waals surface area contributed by atoms with Crippen LogP contribution in [0, 0.1) is 0 Å². The summed E-state index contributed by atoms with van der Waals surface area (Å²) in [4.78, 5) is 0. The molecule has 0 unspecified atom stereocenters. The molecule has 0 spiro atoms. The van der Waals surface area contributed by atoms with E-state index in [1.54, 1.807) is 0 Å². The van der Waals surface area contributed by atoms with Crippen molar-refractivity contribution in [2.75, 3.05) is 0 Å². The van der Waals surface area contributed by atoms with Crippen molar-refractivity contribution < 1.29 is 17.7 Å². The Kier molecular flexibility index (Phi) is 4.38. The van der Waals surface area contributed by atoms with Gasteiger partial charge in [0.1, 0.15) is 21.2 Å². The molecule has 0 amide bonds. The Morgan fingerprint density at radius 2 is 1.50 bits per heavy atom. The summed E-state index contributed by atoms with van der Waals surface area (Å²) in [5.41, 5.74) is 0. The van der Waals surface area contributed by atoms with Gasteiger partial charge in [0, 0.05) is 0 Å². The standard InChI is InChI=1S/FH.HIO3S/c;1-5(2,3)4/h1H;(H,2,3,4). The highest BCUT2D eigenvalue weighted by molar-refractivity contribution is 14.2. The predicted molar refractivity (Wildman–Crippen MR) is 28.1 cm³/mol. The molecule has 0 aliphatic carbocycles. The fourth-order valence-corrected chi connectivity index (χ4v) is 0. The van der Waals surface area contributed by atoms with Crippen molar-refractivity contribution in [3.05, 3.63) is 0 Å². The van der Waals surface area contributed by atoms with Crippen molar-refractivity contribution in [2.24, 2.45) is 0 Å². The van der Waals surface area contributed by atoms with Gasteiger partial charge >= 0.3 is 7.29 Å². The van der Waals surface area contributed by atoms with Gasteiger partial charge in [0.15, 0.2) is 0 Å². The molecule has 0 saturated carbocycles. The molecule has 1 N–H and O–H groups in total. The van der Waals surface area contributed by atoms with Crippen molar-refractivity contribution in [2.45, 2.75) is 0 Å². The molecular weight excluding hydrogens is 226 g/mol. The first-order chi connectivity index (χ1) is 2.00. The lowest BCUT2D eigenvalue weighted by Crippen LogP contribution is -1.76. The third kappa shape index (κ3) is 179. The average molecular weight is 228 g/mol. The van der Waals surface area contributed by atoms with E-state index in [1.165, 1.54) is 0 Å². The molecule has 0 bridgehead atoms. The number of rotatable bonds is 0. The summed E-state index contributed by atoms with van der Waals surface area (Å²) in [6.45, 7) is 0. The van der Waals surface area contributed by atoms with Crippen LogP contribution in [0.15, 0.2) is 0 Å². The summed E-state index contributed by atoms with van der Waals surface area (Å²) in [6.07, 6.45) is 0. The lowest BCUT2D eigenvalue weighted by Gasteiger charge is -1.65. The zero-order valence-electron chi connectivity index (χ0n) is 2.46. The van der Waals surface area contributed by atoms with E-state index in [1.807, 2.05) is 0 Å². The zero-order valence-corrected chi connectivity index (χ0v) is 5.43. The van der Waals surface area contributed by atoms with Gasteiger partial charge in [-0.3, -0.25) is 9.26 Å². The monoisotopic (exact) mass is 228 g/mol. The van der Waals surface area contributed by atoms with Crippen LogP contribution in [0.2, 0.25) is 0 Å². The van der Waals surface area contributed by atoms with E-state index in [-0.39, 0.29) is 4.70 Å². The van der Waals surface area contributed by atoms with E-state index in [0.29, 0.717) is 0 Å². The van der Waals surface area contributed by atoms with Crippen LogP contribution in [-0.4, -0.2) is 13.0 Å². The summed E-state index contributed by atoms with van der Waals surface area (Å²) < 4.78 is 25.8. The van der Waals surface area contributed by atoms with E-state index < -0.39 is 7.29 Å². The molecule has 0 atom stereocenters. The zero-order chi connectivity index (χ0) is 4.50. The fourth-order valence-electron chi connectivity index (χ4n) is 0. The maximum Gasteiger partial charge on any atom is 0.318 e. The minimum Gasteiger partial charge on any atom is -0.278 e. The average Bonchev–Trinajstić information content (AvgIpc) is 0.722. The number of hydrogen-bond donors (Lipinski definition) is 1. The predicted octanol–water partition coefficient (Wildman–Crippen LogP) is 0.377. The quantitative estimate of drug-likeness (QED) is 0.370. The van der Waals surface area contributed by atoms with Crippen molar-refractivity contribution >= 4 is 28.5 Å². The van der Waals surface area contributed by atoms with E-state index in [9.17, 15) is 8.42 Å². The van der Waals surface area contributed by atoms with E-state index >= 15 is 0 Å². The molecule has 0 saturated heterocycles. The Balaban J connectivity index is 0. The van der Waals surface area contributed by atoms with Crippen LogP contribution in [0.25, 0.3) is 0 Å². The Bertz CT molecular complexity index is 94.0. The Morgan fingerprint density at radius 1 is 1.50 bits per heavy atom. The van der Waals surface area contributed by atoms with Crippen molar-refractivity contribution in [1.29, 1.82) is 0 Å². The molecule has 0 rings (SSSR count). The van der Waals surface area contributed by atoms with Gasteiger partial charge in [-0.25, -0.2) is 0 Å². The first-order valence-electron chi connectivity index (χ1n) is 0.670. The first-order valence-corrected chi connectivity index (χ1v) is 4.65. The maximum atomic E-state index is 9.17. The summed E-state index contributed by atoms with van der Waals surface area (Å²) in [5.74, 6) is 0. The van der Waals surface area contributed by atoms with Gasteiger partial charge in [0.05, 0.1) is 0 Å². The highest BCUT2D eigenvalue weighted by Gasteiger charge is 1.85. The molecule has 40 valence electrons. The van der Waals surface area contributed by atoms with Crippen LogP contribution in [-0.2, 0) is 7.29 Å². The Labute approximate surface area is 46.4 Å². The second-order valence-corrected chi connectivity index (χ2v) is 4.58. The van der Waals surface area contributed by atoms with Crippen LogP contribution < -0.4 is 0 Å². The van der Waals surface area contributed by atoms with Crippen molar-refractivity contribution in [3.8, 4) is 0 Å². The van der Waals surface area contributed by atoms with Crippen LogP contribution in [0.4, 0.5) is 4.70 Å². The summed E-state index contributed by atoms with van der Waals surface area (Å²) in [7, 11) is -3.70. The Hall–Kier alpha value is 0.570. The topological polar surface area (TPSA) is 54.4 Å². The van der Waals surface area contributed by atoms with Crippen LogP contribution in [0.5, 0.6) is 0 Å². The SMILES string of the molecule is F.O=S(=O)(O)I. The molecule has 0 aliphatic heterocycles. The highest BCUT2D eigenvalue weighted by Crippen LogP contribution is 1.90. The minimum absolute atomic E-state index is 0. The van der Waals surface area contributed by atoms with Crippen molar-refractivity contribution in [1.82, 2.24) is 0 Å². The first kappa shape index (κ1) is 9.76. The molecule has 0 radical (unpaired) electrons. The van der Waals surface area contributed by atoms with Gasteiger partial charge in [-0.15, -0.1) is 0 Å². The number of halogens is 2. The summed E-state index contributed by atoms with van der Waals surface area (Å²) in [6, 6.07) is 0. The molecule has 0 aromatic rings. The summed E-state index contributed by atoms with van der Waals surface area (Å²) in [5, 5.41) is 0. The highest BCUT2D eigenvalue weighted by atomic mass is 127. The smallest absolute Gasteiger partial charge is 0.278 e. The maximum absolute atomic E-state index is 9.17. The molecule has 0 aromatic carbocycles. The summed E-state index contributed by atoms with van der Waals surface area (Å²) >= 11 is 0.905. The molecule has 6 heteroatoms. The lowest BCUT2D eigenvalue weighted by molar-refractivity contribution is 0.506. The largest absolute Gasteiger partial charge is 0.318 e. The van der Waals surface area contributed by atoms with Crippen LogP contribution in [0.3, 0.4) is 0 Å². The van der Waals surface area contributed by atoms with Crippen molar-refractivity contribution in [3.63, 3.8) is 0 Å². The number of hydrogen-bond acceptors (Lipinski definition) is 2. The molecule has 0 aliphatic rings. The van der Waals surface area contributed by atoms with Gasteiger partial charge in [-0.1, -0.05) is 0 Å². The normalized spacial score (nSPS) is 9.67. The van der Waals surface area contributed by atoms with Gasteiger partial charge in [0.25, 0.3) is 0 Å². The Morgan fingerprint density at radius 3 is 1.50 bits per heavy atom. The molecular formula is H2FIO3S. The van der Waals surface area contributed by atoms with E-state index in [4.69, 9.17) is 4.55 Å². The molecule has 0 fully saturated rings. The minimum atomic E-state index is -3.70. The van der Waals surface area contributed by atoms with Gasteiger partial charge < -0.3 is 0 Å². The van der Waals surface area contributed by atoms with E-state index in [2.05, 4.69) is 0 Å².